The lowest BCUT2D eigenvalue weighted by Crippen LogP contribution is -2.01. The predicted octanol–water partition coefficient (Wildman–Crippen LogP) is 2.69. The van der Waals surface area contributed by atoms with Gasteiger partial charge in [0.1, 0.15) is 11.0 Å². The second-order valence-electron chi connectivity index (χ2n) is 2.91. The van der Waals surface area contributed by atoms with Crippen molar-refractivity contribution in [1.82, 2.24) is 0 Å². The molecule has 0 aliphatic carbocycles. The molecular formula is C9H7BrClNO2S. The fraction of sp³-hybridized carbons (Fsp3) is 0.222. The first-order valence-corrected chi connectivity index (χ1v) is 7.38. The van der Waals surface area contributed by atoms with E-state index in [4.69, 9.17) is 15.9 Å². The zero-order valence-electron chi connectivity index (χ0n) is 7.79. The van der Waals surface area contributed by atoms with E-state index < -0.39 is 9.05 Å². The van der Waals surface area contributed by atoms with Gasteiger partial charge in [-0.25, -0.2) is 8.42 Å². The van der Waals surface area contributed by atoms with Crippen LogP contribution in [0.4, 0.5) is 0 Å². The van der Waals surface area contributed by atoms with Crippen LogP contribution in [0.2, 0.25) is 0 Å². The number of hydrogen-bond acceptors (Lipinski definition) is 3. The lowest BCUT2D eigenvalue weighted by Gasteiger charge is -2.08. The van der Waals surface area contributed by atoms with Crippen LogP contribution in [0.5, 0.6) is 0 Å². The first-order valence-electron chi connectivity index (χ1n) is 3.95. The molecule has 0 heterocycles. The molecule has 0 radical (unpaired) electrons. The third-order valence-corrected chi connectivity index (χ3v) is 4.11. The zero-order chi connectivity index (χ0) is 11.6. The Morgan fingerprint density at radius 1 is 1.53 bits per heavy atom. The van der Waals surface area contributed by atoms with Gasteiger partial charge in [0.15, 0.2) is 0 Å². The van der Waals surface area contributed by atoms with Crippen LogP contribution in [0.1, 0.15) is 16.7 Å². The van der Waals surface area contributed by atoms with Gasteiger partial charge < -0.3 is 0 Å². The van der Waals surface area contributed by atoms with Crippen molar-refractivity contribution < 1.29 is 8.42 Å². The molecular weight excluding hydrogens is 302 g/mol. The molecule has 0 atom stereocenters. The number of halogens is 2. The van der Waals surface area contributed by atoms with Gasteiger partial charge in [-0.1, -0.05) is 22.0 Å². The molecule has 0 unspecified atom stereocenters. The van der Waals surface area contributed by atoms with Crippen molar-refractivity contribution >= 4 is 35.7 Å². The van der Waals surface area contributed by atoms with Gasteiger partial charge in [0.25, 0.3) is 9.05 Å². The molecule has 1 aromatic carbocycles. The quantitative estimate of drug-likeness (QED) is 0.623. The minimum Gasteiger partial charge on any atom is -0.207 e. The van der Waals surface area contributed by atoms with Crippen LogP contribution in [0.25, 0.3) is 0 Å². The summed E-state index contributed by atoms with van der Waals surface area (Å²) in [4.78, 5) is -0.0939. The van der Waals surface area contributed by atoms with Crippen molar-refractivity contribution in [3.63, 3.8) is 0 Å². The zero-order valence-corrected chi connectivity index (χ0v) is 10.9. The molecule has 0 saturated heterocycles. The molecule has 0 spiro atoms. The summed E-state index contributed by atoms with van der Waals surface area (Å²) in [7, 11) is 1.40. The number of nitrogens with zero attached hydrogens (tertiary/aromatic N) is 1. The summed E-state index contributed by atoms with van der Waals surface area (Å²) in [5, 5.41) is 9.30. The molecule has 6 heteroatoms. The normalized spacial score (nSPS) is 11.1. The maximum Gasteiger partial charge on any atom is 0.262 e. The van der Waals surface area contributed by atoms with E-state index in [2.05, 4.69) is 15.9 Å². The van der Waals surface area contributed by atoms with Gasteiger partial charge in [0, 0.05) is 16.0 Å². The molecule has 0 bridgehead atoms. The van der Waals surface area contributed by atoms with Crippen LogP contribution in [-0.4, -0.2) is 8.42 Å². The van der Waals surface area contributed by atoms with Crippen molar-refractivity contribution in [3.05, 3.63) is 28.8 Å². The second kappa shape index (κ2) is 4.52. The molecule has 1 rings (SSSR count). The van der Waals surface area contributed by atoms with E-state index in [9.17, 15) is 8.42 Å². The summed E-state index contributed by atoms with van der Waals surface area (Å²) in [5.41, 5.74) is 1.39. The van der Waals surface area contributed by atoms with Crippen molar-refractivity contribution in [2.75, 3.05) is 0 Å². The van der Waals surface area contributed by atoms with Crippen molar-refractivity contribution in [1.29, 1.82) is 5.26 Å². The van der Waals surface area contributed by atoms with E-state index in [0.717, 1.165) is 5.56 Å². The highest BCUT2D eigenvalue weighted by atomic mass is 79.9. The van der Waals surface area contributed by atoms with Gasteiger partial charge in [-0.2, -0.15) is 5.26 Å². The summed E-state index contributed by atoms with van der Waals surface area (Å²) in [6.07, 6.45) is 0. The van der Waals surface area contributed by atoms with E-state index in [0.29, 0.717) is 10.9 Å². The Balaban J connectivity index is 3.67. The fourth-order valence-corrected chi connectivity index (χ4v) is 3.36. The third-order valence-electron chi connectivity index (χ3n) is 2.03. The summed E-state index contributed by atoms with van der Waals surface area (Å²) in [5.74, 6) is 0. The summed E-state index contributed by atoms with van der Waals surface area (Å²) in [6, 6.07) is 4.98. The molecule has 3 nitrogen and oxygen atoms in total. The molecule has 0 saturated carbocycles. The van der Waals surface area contributed by atoms with E-state index >= 15 is 0 Å². The van der Waals surface area contributed by atoms with E-state index in [1.807, 2.05) is 6.07 Å². The molecule has 0 amide bonds. The number of hydrogen-bond donors (Lipinski definition) is 0. The maximum absolute atomic E-state index is 11.3. The van der Waals surface area contributed by atoms with E-state index in [1.54, 1.807) is 13.0 Å². The Kier molecular flexibility index (Phi) is 3.77. The van der Waals surface area contributed by atoms with Gasteiger partial charge in [-0.15, -0.1) is 0 Å². The minimum absolute atomic E-state index is 0.0761. The van der Waals surface area contributed by atoms with Crippen LogP contribution in [-0.2, 0) is 14.4 Å². The molecule has 0 aromatic heterocycles. The smallest absolute Gasteiger partial charge is 0.207 e. The Labute approximate surface area is 101 Å². The van der Waals surface area contributed by atoms with Crippen LogP contribution >= 0.6 is 26.6 Å². The Morgan fingerprint density at radius 2 is 2.13 bits per heavy atom. The number of nitriles is 1. The Bertz CT molecular complexity index is 534. The van der Waals surface area contributed by atoms with E-state index in [-0.39, 0.29) is 10.5 Å². The average molecular weight is 309 g/mol. The van der Waals surface area contributed by atoms with Crippen molar-refractivity contribution in [2.24, 2.45) is 0 Å². The molecule has 0 aliphatic rings. The highest BCUT2D eigenvalue weighted by Crippen LogP contribution is 2.27. The minimum atomic E-state index is -3.88. The molecule has 0 fully saturated rings. The van der Waals surface area contributed by atoms with Crippen LogP contribution in [0.3, 0.4) is 0 Å². The SMILES string of the molecule is Cc1c(CBr)ccc(C#N)c1S(=O)(=O)Cl. The average Bonchev–Trinajstić information content (AvgIpc) is 2.15. The van der Waals surface area contributed by atoms with Crippen LogP contribution in [0.15, 0.2) is 17.0 Å². The largest absolute Gasteiger partial charge is 0.262 e. The first-order chi connectivity index (χ1) is 6.91. The van der Waals surface area contributed by atoms with Crippen molar-refractivity contribution in [3.8, 4) is 6.07 Å². The molecule has 15 heavy (non-hydrogen) atoms. The van der Waals surface area contributed by atoms with Gasteiger partial charge >= 0.3 is 0 Å². The summed E-state index contributed by atoms with van der Waals surface area (Å²) < 4.78 is 22.6. The molecule has 80 valence electrons. The topological polar surface area (TPSA) is 57.9 Å². The summed E-state index contributed by atoms with van der Waals surface area (Å²) in [6.45, 7) is 1.63. The molecule has 1 aromatic rings. The van der Waals surface area contributed by atoms with Crippen LogP contribution in [0, 0.1) is 18.3 Å². The molecule has 0 N–H and O–H groups in total. The molecule has 0 aliphatic heterocycles. The lowest BCUT2D eigenvalue weighted by atomic mass is 10.1. The number of alkyl halides is 1. The highest BCUT2D eigenvalue weighted by Gasteiger charge is 2.20. The van der Waals surface area contributed by atoms with Gasteiger partial charge in [-0.3, -0.25) is 0 Å². The monoisotopic (exact) mass is 307 g/mol. The van der Waals surface area contributed by atoms with E-state index in [1.165, 1.54) is 6.07 Å². The third kappa shape index (κ3) is 2.51. The lowest BCUT2D eigenvalue weighted by molar-refractivity contribution is 0.608. The number of benzene rings is 1. The second-order valence-corrected chi connectivity index (χ2v) is 5.97. The van der Waals surface area contributed by atoms with Crippen LogP contribution < -0.4 is 0 Å². The van der Waals surface area contributed by atoms with Gasteiger partial charge in [0.05, 0.1) is 5.56 Å². The van der Waals surface area contributed by atoms with Gasteiger partial charge in [0.2, 0.25) is 0 Å². The first kappa shape index (κ1) is 12.5. The van der Waals surface area contributed by atoms with Crippen molar-refractivity contribution in [2.45, 2.75) is 17.1 Å². The summed E-state index contributed by atoms with van der Waals surface area (Å²) >= 11 is 3.23. The predicted molar refractivity (Wildman–Crippen MR) is 61.6 cm³/mol. The standard InChI is InChI=1S/C9H7BrClNO2S/c1-6-7(4-10)2-3-8(5-12)9(6)15(11,13)14/h2-3H,4H2,1H3. The Morgan fingerprint density at radius 3 is 2.53 bits per heavy atom. The Hall–Kier alpha value is -0.570. The fourth-order valence-electron chi connectivity index (χ4n) is 1.28. The van der Waals surface area contributed by atoms with Gasteiger partial charge in [-0.05, 0) is 24.1 Å². The number of rotatable bonds is 2. The maximum atomic E-state index is 11.3. The highest BCUT2D eigenvalue weighted by molar-refractivity contribution is 9.08.